The van der Waals surface area contributed by atoms with E-state index in [1.807, 2.05) is 0 Å². The summed E-state index contributed by atoms with van der Waals surface area (Å²) < 4.78 is 13.4. The molecule has 3 rings (SSSR count). The lowest BCUT2D eigenvalue weighted by Crippen LogP contribution is -2.31. The van der Waals surface area contributed by atoms with Crippen LogP contribution in [-0.4, -0.2) is 24.9 Å². The molecule has 0 bridgehead atoms. The van der Waals surface area contributed by atoms with Crippen LogP contribution in [0.25, 0.3) is 0 Å². The molecule has 1 aromatic rings. The average Bonchev–Trinajstić information content (AvgIpc) is 3.27. The number of carbonyl (C=O) groups excluding carboxylic acids is 2. The molecule has 2 aliphatic rings. The van der Waals surface area contributed by atoms with E-state index < -0.39 is 5.82 Å². The molecular weight excluding hydrogens is 355 g/mol. The smallest absolute Gasteiger partial charge is 0.251 e. The molecule has 2 amide bonds. The van der Waals surface area contributed by atoms with Crippen molar-refractivity contribution in [1.82, 2.24) is 10.6 Å². The summed E-state index contributed by atoms with van der Waals surface area (Å²) in [5.41, 5.74) is 0.504. The number of rotatable bonds is 6. The van der Waals surface area contributed by atoms with Crippen LogP contribution >= 0.6 is 11.6 Å². The van der Waals surface area contributed by atoms with E-state index in [1.165, 1.54) is 18.2 Å². The zero-order valence-corrected chi connectivity index (χ0v) is 15.9. The lowest BCUT2D eigenvalue weighted by Gasteiger charge is -2.29. The van der Waals surface area contributed by atoms with Gasteiger partial charge >= 0.3 is 0 Å². The van der Waals surface area contributed by atoms with E-state index in [0.29, 0.717) is 12.3 Å². The summed E-state index contributed by atoms with van der Waals surface area (Å²) in [5.74, 6) is 0.0513. The van der Waals surface area contributed by atoms with Crippen LogP contribution < -0.4 is 10.6 Å². The highest BCUT2D eigenvalue weighted by Gasteiger charge is 2.55. The van der Waals surface area contributed by atoms with E-state index in [-0.39, 0.29) is 33.9 Å². The number of benzene rings is 1. The summed E-state index contributed by atoms with van der Waals surface area (Å²) in [6, 6.07) is 4.10. The van der Waals surface area contributed by atoms with Crippen molar-refractivity contribution in [2.24, 2.45) is 11.3 Å². The van der Waals surface area contributed by atoms with Gasteiger partial charge in [-0.05, 0) is 74.5 Å². The first-order chi connectivity index (χ1) is 12.4. The third kappa shape index (κ3) is 4.56. The Bertz CT molecular complexity index is 666. The van der Waals surface area contributed by atoms with E-state index in [0.717, 1.165) is 44.9 Å². The Morgan fingerprint density at radius 1 is 1.27 bits per heavy atom. The van der Waals surface area contributed by atoms with E-state index in [4.69, 9.17) is 11.6 Å². The second-order valence-corrected chi connectivity index (χ2v) is 8.20. The quantitative estimate of drug-likeness (QED) is 0.781. The second-order valence-electron chi connectivity index (χ2n) is 7.76. The van der Waals surface area contributed by atoms with Gasteiger partial charge in [0.1, 0.15) is 5.82 Å². The summed E-state index contributed by atoms with van der Waals surface area (Å²) in [5, 5.41) is 5.94. The van der Waals surface area contributed by atoms with Gasteiger partial charge in [0.05, 0.1) is 0 Å². The highest BCUT2D eigenvalue weighted by atomic mass is 35.5. The summed E-state index contributed by atoms with van der Waals surface area (Å²) in [4.78, 5) is 23.6. The van der Waals surface area contributed by atoms with Crippen LogP contribution in [0.2, 0.25) is 5.02 Å². The number of nitrogens with one attached hydrogen (secondary N) is 2. The lowest BCUT2D eigenvalue weighted by atomic mass is 9.77. The first-order valence-electron chi connectivity index (χ1n) is 9.39. The molecule has 0 aromatic heterocycles. The maximum absolute atomic E-state index is 13.4. The summed E-state index contributed by atoms with van der Waals surface area (Å²) >= 11 is 5.83. The largest absolute Gasteiger partial charge is 0.359 e. The minimum absolute atomic E-state index is 0.111. The third-order valence-electron chi connectivity index (χ3n) is 6.02. The highest BCUT2D eigenvalue weighted by molar-refractivity contribution is 6.31. The lowest BCUT2D eigenvalue weighted by molar-refractivity contribution is -0.120. The molecular formula is C20H26ClFN2O2. The standard InChI is InChI=1S/C20H26ClFN2O2/c1-23-18(25)4-2-3-13-5-7-20(8-6-13)12-17(20)24-19(26)14-9-15(21)11-16(22)10-14/h9-11,13,17H,2-8,12H2,1H3,(H,23,25)(H,24,26). The van der Waals surface area contributed by atoms with Crippen molar-refractivity contribution in [3.05, 3.63) is 34.6 Å². The molecule has 1 atom stereocenters. The number of hydrogen-bond acceptors (Lipinski definition) is 2. The van der Waals surface area contributed by atoms with E-state index >= 15 is 0 Å². The number of halogens is 2. The normalized spacial score (nSPS) is 27.2. The first-order valence-corrected chi connectivity index (χ1v) is 9.77. The van der Waals surface area contributed by atoms with Gasteiger partial charge in [0.15, 0.2) is 0 Å². The Kier molecular flexibility index (Phi) is 5.86. The fourth-order valence-corrected chi connectivity index (χ4v) is 4.47. The Morgan fingerprint density at radius 3 is 2.65 bits per heavy atom. The van der Waals surface area contributed by atoms with Crippen LogP contribution in [0.5, 0.6) is 0 Å². The molecule has 6 heteroatoms. The topological polar surface area (TPSA) is 58.2 Å². The van der Waals surface area contributed by atoms with Crippen molar-refractivity contribution >= 4 is 23.4 Å². The van der Waals surface area contributed by atoms with Crippen LogP contribution in [0, 0.1) is 17.2 Å². The van der Waals surface area contributed by atoms with Crippen LogP contribution in [-0.2, 0) is 4.79 Å². The predicted molar refractivity (Wildman–Crippen MR) is 99.6 cm³/mol. The molecule has 0 saturated heterocycles. The average molecular weight is 381 g/mol. The second kappa shape index (κ2) is 7.95. The monoisotopic (exact) mass is 380 g/mol. The molecule has 2 aliphatic carbocycles. The van der Waals surface area contributed by atoms with Crippen molar-refractivity contribution in [2.75, 3.05) is 7.05 Å². The van der Waals surface area contributed by atoms with Crippen molar-refractivity contribution in [3.8, 4) is 0 Å². The molecule has 0 aliphatic heterocycles. The Morgan fingerprint density at radius 2 is 2.00 bits per heavy atom. The van der Waals surface area contributed by atoms with Crippen LogP contribution in [0.4, 0.5) is 4.39 Å². The minimum Gasteiger partial charge on any atom is -0.359 e. The third-order valence-corrected chi connectivity index (χ3v) is 6.23. The Hall–Kier alpha value is -1.62. The molecule has 2 N–H and O–H groups in total. The maximum atomic E-state index is 13.4. The van der Waals surface area contributed by atoms with Gasteiger partial charge in [-0.15, -0.1) is 0 Å². The van der Waals surface area contributed by atoms with Crippen LogP contribution in [0.3, 0.4) is 0 Å². The fraction of sp³-hybridized carbons (Fsp3) is 0.600. The highest BCUT2D eigenvalue weighted by Crippen LogP contribution is 2.57. The van der Waals surface area contributed by atoms with Crippen molar-refractivity contribution in [1.29, 1.82) is 0 Å². The van der Waals surface area contributed by atoms with Gasteiger partial charge in [-0.25, -0.2) is 4.39 Å². The van der Waals surface area contributed by atoms with Gasteiger partial charge < -0.3 is 10.6 Å². The van der Waals surface area contributed by atoms with Crippen LogP contribution in [0.1, 0.15) is 61.7 Å². The zero-order chi connectivity index (χ0) is 18.7. The molecule has 4 nitrogen and oxygen atoms in total. The minimum atomic E-state index is -0.495. The van der Waals surface area contributed by atoms with Crippen LogP contribution in [0.15, 0.2) is 18.2 Å². The van der Waals surface area contributed by atoms with E-state index in [2.05, 4.69) is 10.6 Å². The van der Waals surface area contributed by atoms with E-state index in [9.17, 15) is 14.0 Å². The Balaban J connectivity index is 1.44. The Labute approximate surface area is 158 Å². The van der Waals surface area contributed by atoms with Crippen molar-refractivity contribution in [2.45, 2.75) is 57.4 Å². The number of carbonyl (C=O) groups is 2. The molecule has 142 valence electrons. The number of hydrogen-bond donors (Lipinski definition) is 2. The summed E-state index contributed by atoms with van der Waals surface area (Å²) in [6.45, 7) is 0. The SMILES string of the molecule is CNC(=O)CCCC1CCC2(CC1)CC2NC(=O)c1cc(F)cc(Cl)c1. The molecule has 2 saturated carbocycles. The number of amides is 2. The van der Waals surface area contributed by atoms with Crippen molar-refractivity contribution < 1.29 is 14.0 Å². The molecule has 0 radical (unpaired) electrons. The zero-order valence-electron chi connectivity index (χ0n) is 15.1. The molecule has 1 spiro atoms. The van der Waals surface area contributed by atoms with Gasteiger partial charge in [0.25, 0.3) is 5.91 Å². The van der Waals surface area contributed by atoms with E-state index in [1.54, 1.807) is 7.05 Å². The van der Waals surface area contributed by atoms with Gasteiger partial charge in [-0.1, -0.05) is 11.6 Å². The molecule has 1 unspecified atom stereocenters. The van der Waals surface area contributed by atoms with Gasteiger partial charge in [-0.3, -0.25) is 9.59 Å². The molecule has 26 heavy (non-hydrogen) atoms. The fourth-order valence-electron chi connectivity index (χ4n) is 4.25. The molecule has 0 heterocycles. The van der Waals surface area contributed by atoms with Gasteiger partial charge in [0.2, 0.25) is 5.91 Å². The molecule has 2 fully saturated rings. The van der Waals surface area contributed by atoms with Crippen molar-refractivity contribution in [3.63, 3.8) is 0 Å². The van der Waals surface area contributed by atoms with Gasteiger partial charge in [-0.2, -0.15) is 0 Å². The summed E-state index contributed by atoms with van der Waals surface area (Å²) in [7, 11) is 1.67. The predicted octanol–water partition coefficient (Wildman–Crippen LogP) is 4.07. The summed E-state index contributed by atoms with van der Waals surface area (Å²) in [6.07, 6.45) is 8.21. The maximum Gasteiger partial charge on any atom is 0.251 e. The molecule has 1 aromatic carbocycles. The first kappa shape index (κ1) is 19.2. The van der Waals surface area contributed by atoms with Gasteiger partial charge in [0, 0.05) is 30.1 Å².